The highest BCUT2D eigenvalue weighted by molar-refractivity contribution is 5.60. The van der Waals surface area contributed by atoms with Crippen molar-refractivity contribution < 1.29 is 14.3 Å². The van der Waals surface area contributed by atoms with Crippen LogP contribution in [0.2, 0.25) is 0 Å². The van der Waals surface area contributed by atoms with E-state index in [1.165, 1.54) is 14.0 Å². The summed E-state index contributed by atoms with van der Waals surface area (Å²) in [5.41, 5.74) is 0. The zero-order chi connectivity index (χ0) is 7.28. The molecule has 0 aliphatic carbocycles. The topological polar surface area (TPSA) is 59.3 Å². The lowest BCUT2D eigenvalue weighted by Crippen LogP contribution is -2.12. The van der Waals surface area contributed by atoms with Gasteiger partial charge in [-0.15, -0.1) is 0 Å². The Bertz CT molecular complexity index is 138. The largest absolute Gasteiger partial charge is 0.509 e. The van der Waals surface area contributed by atoms with Crippen LogP contribution in [0, 0.1) is 11.3 Å². The number of nitrogens with zero attached hydrogens (tertiary/aromatic N) is 1. The van der Waals surface area contributed by atoms with Gasteiger partial charge in [0.05, 0.1) is 7.11 Å². The standard InChI is InChI=1S/C5H7NO3/c1-4(3-6)9-5(7)8-2/h4H,1-2H3. The Balaban J connectivity index is 3.50. The molecule has 4 heteroatoms. The van der Waals surface area contributed by atoms with E-state index < -0.39 is 12.3 Å². The molecular formula is C5H7NO3. The summed E-state index contributed by atoms with van der Waals surface area (Å²) in [4.78, 5) is 10.2. The van der Waals surface area contributed by atoms with E-state index in [1.54, 1.807) is 6.07 Å². The first-order valence-electron chi connectivity index (χ1n) is 2.35. The summed E-state index contributed by atoms with van der Waals surface area (Å²) in [6.07, 6.45) is -1.57. The maximum absolute atomic E-state index is 10.2. The van der Waals surface area contributed by atoms with E-state index in [4.69, 9.17) is 5.26 Å². The molecule has 0 saturated heterocycles. The van der Waals surface area contributed by atoms with Gasteiger partial charge in [-0.25, -0.2) is 4.79 Å². The highest BCUT2D eigenvalue weighted by Crippen LogP contribution is 1.89. The molecule has 0 N–H and O–H groups in total. The van der Waals surface area contributed by atoms with Crippen LogP contribution in [0.5, 0.6) is 0 Å². The summed E-state index contributed by atoms with van der Waals surface area (Å²) in [5.74, 6) is 0. The van der Waals surface area contributed by atoms with Crippen LogP contribution >= 0.6 is 0 Å². The molecule has 0 amide bonds. The lowest BCUT2D eigenvalue weighted by atomic mass is 10.5. The van der Waals surface area contributed by atoms with Crippen LogP contribution in [-0.2, 0) is 9.47 Å². The fourth-order valence-electron chi connectivity index (χ4n) is 0.219. The molecule has 0 heterocycles. The van der Waals surface area contributed by atoms with Gasteiger partial charge in [-0.3, -0.25) is 0 Å². The van der Waals surface area contributed by atoms with Gasteiger partial charge in [0, 0.05) is 0 Å². The van der Waals surface area contributed by atoms with Gasteiger partial charge in [0.25, 0.3) is 0 Å². The Morgan fingerprint density at radius 1 is 1.78 bits per heavy atom. The van der Waals surface area contributed by atoms with Crippen LogP contribution in [0.4, 0.5) is 4.79 Å². The molecular weight excluding hydrogens is 122 g/mol. The Morgan fingerprint density at radius 3 is 2.67 bits per heavy atom. The highest BCUT2D eigenvalue weighted by Gasteiger charge is 2.05. The van der Waals surface area contributed by atoms with Crippen molar-refractivity contribution in [1.82, 2.24) is 0 Å². The smallest absolute Gasteiger partial charge is 0.438 e. The Hall–Kier alpha value is -1.24. The first-order valence-corrected chi connectivity index (χ1v) is 2.35. The van der Waals surface area contributed by atoms with Crippen molar-refractivity contribution in [3.63, 3.8) is 0 Å². The SMILES string of the molecule is COC(=O)OC(C)C#N. The lowest BCUT2D eigenvalue weighted by Gasteiger charge is -2.01. The van der Waals surface area contributed by atoms with E-state index in [-0.39, 0.29) is 0 Å². The van der Waals surface area contributed by atoms with Crippen LogP contribution < -0.4 is 0 Å². The molecule has 50 valence electrons. The summed E-state index contributed by atoms with van der Waals surface area (Å²) in [5, 5.41) is 8.10. The van der Waals surface area contributed by atoms with Gasteiger partial charge < -0.3 is 9.47 Å². The molecule has 0 aromatic carbocycles. The number of methoxy groups -OCH3 is 1. The predicted octanol–water partition coefficient (Wildman–Crippen LogP) is 0.681. The third-order valence-corrected chi connectivity index (χ3v) is 0.621. The number of ether oxygens (including phenoxy) is 2. The summed E-state index contributed by atoms with van der Waals surface area (Å²) >= 11 is 0. The Kier molecular flexibility index (Phi) is 3.21. The fraction of sp³-hybridized carbons (Fsp3) is 0.600. The van der Waals surface area contributed by atoms with Gasteiger partial charge >= 0.3 is 6.16 Å². The van der Waals surface area contributed by atoms with E-state index in [0.29, 0.717) is 0 Å². The summed E-state index contributed by atoms with van der Waals surface area (Å²) in [7, 11) is 1.19. The first-order chi connectivity index (χ1) is 4.20. The molecule has 0 aliphatic heterocycles. The zero-order valence-electron chi connectivity index (χ0n) is 5.25. The van der Waals surface area contributed by atoms with Crippen molar-refractivity contribution in [3.05, 3.63) is 0 Å². The van der Waals surface area contributed by atoms with Gasteiger partial charge in [-0.2, -0.15) is 5.26 Å². The average Bonchev–Trinajstić information content (AvgIpc) is 1.87. The van der Waals surface area contributed by atoms with E-state index in [2.05, 4.69) is 9.47 Å². The number of nitriles is 1. The molecule has 0 aromatic heterocycles. The third kappa shape index (κ3) is 3.35. The molecule has 9 heavy (non-hydrogen) atoms. The minimum atomic E-state index is -0.830. The van der Waals surface area contributed by atoms with E-state index in [9.17, 15) is 4.79 Å². The molecule has 4 nitrogen and oxygen atoms in total. The molecule has 0 radical (unpaired) electrons. The normalized spacial score (nSPS) is 11.2. The molecule has 0 fully saturated rings. The number of carbonyl (C=O) groups excluding carboxylic acids is 1. The molecule has 0 bridgehead atoms. The van der Waals surface area contributed by atoms with Gasteiger partial charge in [0.1, 0.15) is 6.07 Å². The molecule has 1 atom stereocenters. The van der Waals surface area contributed by atoms with Gasteiger partial charge in [0.15, 0.2) is 6.10 Å². The number of carbonyl (C=O) groups is 1. The van der Waals surface area contributed by atoms with Crippen molar-refractivity contribution >= 4 is 6.16 Å². The van der Waals surface area contributed by atoms with Crippen LogP contribution in [0.1, 0.15) is 6.92 Å². The van der Waals surface area contributed by atoms with Gasteiger partial charge in [0.2, 0.25) is 0 Å². The van der Waals surface area contributed by atoms with Crippen LogP contribution in [-0.4, -0.2) is 19.4 Å². The number of rotatable bonds is 1. The molecule has 0 spiro atoms. The fourth-order valence-corrected chi connectivity index (χ4v) is 0.219. The molecule has 0 aliphatic rings. The second-order valence-corrected chi connectivity index (χ2v) is 1.34. The van der Waals surface area contributed by atoms with Gasteiger partial charge in [-0.1, -0.05) is 0 Å². The minimum Gasteiger partial charge on any atom is -0.438 e. The van der Waals surface area contributed by atoms with Gasteiger partial charge in [-0.05, 0) is 6.92 Å². The van der Waals surface area contributed by atoms with Crippen molar-refractivity contribution in [2.45, 2.75) is 13.0 Å². The van der Waals surface area contributed by atoms with Crippen molar-refractivity contribution in [2.75, 3.05) is 7.11 Å². The van der Waals surface area contributed by atoms with Crippen LogP contribution in [0.3, 0.4) is 0 Å². The van der Waals surface area contributed by atoms with Crippen molar-refractivity contribution in [3.8, 4) is 6.07 Å². The lowest BCUT2D eigenvalue weighted by molar-refractivity contribution is 0.0598. The minimum absolute atomic E-state index is 0.738. The molecule has 0 rings (SSSR count). The molecule has 1 unspecified atom stereocenters. The first kappa shape index (κ1) is 7.76. The second kappa shape index (κ2) is 3.72. The van der Waals surface area contributed by atoms with Crippen LogP contribution in [0.15, 0.2) is 0 Å². The van der Waals surface area contributed by atoms with Crippen LogP contribution in [0.25, 0.3) is 0 Å². The maximum atomic E-state index is 10.2. The zero-order valence-corrected chi connectivity index (χ0v) is 5.25. The molecule has 0 saturated carbocycles. The molecule has 0 aromatic rings. The van der Waals surface area contributed by atoms with E-state index >= 15 is 0 Å². The van der Waals surface area contributed by atoms with Crippen molar-refractivity contribution in [2.24, 2.45) is 0 Å². The summed E-state index contributed by atoms with van der Waals surface area (Å²) in [6.45, 7) is 1.46. The number of hydrogen-bond donors (Lipinski definition) is 0. The third-order valence-electron chi connectivity index (χ3n) is 0.621. The second-order valence-electron chi connectivity index (χ2n) is 1.34. The number of hydrogen-bond acceptors (Lipinski definition) is 4. The quantitative estimate of drug-likeness (QED) is 0.488. The highest BCUT2D eigenvalue weighted by atomic mass is 16.7. The predicted molar refractivity (Wildman–Crippen MR) is 28.6 cm³/mol. The van der Waals surface area contributed by atoms with Crippen molar-refractivity contribution in [1.29, 1.82) is 5.26 Å². The van der Waals surface area contributed by atoms with E-state index in [1.807, 2.05) is 0 Å². The average molecular weight is 129 g/mol. The monoisotopic (exact) mass is 129 g/mol. The van der Waals surface area contributed by atoms with E-state index in [0.717, 1.165) is 0 Å². The summed E-state index contributed by atoms with van der Waals surface area (Å²) < 4.78 is 8.44. The maximum Gasteiger partial charge on any atom is 0.509 e. The Labute approximate surface area is 53.0 Å². The summed E-state index contributed by atoms with van der Waals surface area (Å²) in [6, 6.07) is 1.71. The Morgan fingerprint density at radius 2 is 2.33 bits per heavy atom.